The average molecular weight is 520 g/mol. The lowest BCUT2D eigenvalue weighted by Crippen LogP contribution is -2.55. The molecule has 4 N–H and O–H groups in total. The van der Waals surface area contributed by atoms with Crippen molar-refractivity contribution < 1.29 is 19.1 Å². The first-order chi connectivity index (χ1) is 19.0. The fraction of sp³-hybridized carbons (Fsp3) is 0.156. The van der Waals surface area contributed by atoms with Crippen molar-refractivity contribution >= 4 is 17.9 Å². The third-order valence-corrected chi connectivity index (χ3v) is 6.92. The second-order valence-electron chi connectivity index (χ2n) is 9.49. The van der Waals surface area contributed by atoms with Crippen molar-refractivity contribution in [2.75, 3.05) is 0 Å². The Bertz CT molecular complexity index is 1430. The van der Waals surface area contributed by atoms with Gasteiger partial charge >= 0.3 is 6.09 Å². The number of nitrogens with one attached hydrogen (secondary N) is 2. The van der Waals surface area contributed by atoms with Crippen molar-refractivity contribution in [3.8, 4) is 11.1 Å². The SMILES string of the molecule is NC(=O)[C@@H](NC(=O)[C@@H](Cc1ccccc1)NC(=O)OCc1ccccc1)C1c2ccccc2-c2ccccc21. The zero-order valence-electron chi connectivity index (χ0n) is 21.2. The van der Waals surface area contributed by atoms with Gasteiger partial charge in [0.15, 0.2) is 0 Å². The van der Waals surface area contributed by atoms with Crippen LogP contribution in [0.25, 0.3) is 11.1 Å². The van der Waals surface area contributed by atoms with Crippen molar-refractivity contribution in [2.24, 2.45) is 5.73 Å². The Morgan fingerprint density at radius 2 is 1.21 bits per heavy atom. The van der Waals surface area contributed by atoms with Gasteiger partial charge in [0.05, 0.1) is 0 Å². The number of primary amides is 1. The quantitative estimate of drug-likeness (QED) is 0.306. The fourth-order valence-electron chi connectivity index (χ4n) is 5.09. The molecule has 1 aliphatic carbocycles. The molecule has 5 rings (SSSR count). The lowest BCUT2D eigenvalue weighted by Gasteiger charge is -2.27. The second-order valence-corrected chi connectivity index (χ2v) is 9.49. The van der Waals surface area contributed by atoms with Crippen molar-refractivity contribution in [3.05, 3.63) is 131 Å². The summed E-state index contributed by atoms with van der Waals surface area (Å²) in [6, 6.07) is 32.1. The molecule has 0 spiro atoms. The molecule has 0 saturated carbocycles. The van der Waals surface area contributed by atoms with Gasteiger partial charge in [-0.25, -0.2) is 4.79 Å². The largest absolute Gasteiger partial charge is 0.445 e. The number of hydrogen-bond donors (Lipinski definition) is 3. The van der Waals surface area contributed by atoms with E-state index in [4.69, 9.17) is 10.5 Å². The van der Waals surface area contributed by atoms with Crippen LogP contribution < -0.4 is 16.4 Å². The molecular formula is C32H29N3O4. The molecule has 0 radical (unpaired) electrons. The first-order valence-electron chi connectivity index (χ1n) is 12.8. The minimum atomic E-state index is -1.03. The highest BCUT2D eigenvalue weighted by Gasteiger charge is 2.39. The Morgan fingerprint density at radius 1 is 0.692 bits per heavy atom. The first kappa shape index (κ1) is 25.7. The molecule has 0 heterocycles. The van der Waals surface area contributed by atoms with Gasteiger partial charge in [-0.3, -0.25) is 9.59 Å². The minimum Gasteiger partial charge on any atom is -0.445 e. The summed E-state index contributed by atoms with van der Waals surface area (Å²) in [6.07, 6.45) is -0.529. The van der Waals surface area contributed by atoms with Crippen molar-refractivity contribution in [2.45, 2.75) is 31.0 Å². The standard InChI is InChI=1S/C32H29N3O4/c33-30(36)29(28-25-17-9-7-15-23(25)24-16-8-10-18-26(24)28)35-31(37)27(19-21-11-3-1-4-12-21)34-32(38)39-20-22-13-5-2-6-14-22/h1-18,27-29H,19-20H2,(H2,33,36)(H,34,38)(H,35,37)/t27-,29+/m1/s1. The number of rotatable bonds is 9. The van der Waals surface area contributed by atoms with Crippen LogP contribution in [0.5, 0.6) is 0 Å². The maximum atomic E-state index is 13.7. The van der Waals surface area contributed by atoms with E-state index in [-0.39, 0.29) is 13.0 Å². The average Bonchev–Trinajstić information content (AvgIpc) is 3.29. The number of nitrogens with two attached hydrogens (primary N) is 1. The maximum absolute atomic E-state index is 13.7. The first-order valence-corrected chi connectivity index (χ1v) is 12.8. The zero-order chi connectivity index (χ0) is 27.2. The molecule has 4 aromatic rings. The summed E-state index contributed by atoms with van der Waals surface area (Å²) < 4.78 is 5.37. The van der Waals surface area contributed by atoms with Crippen LogP contribution in [0, 0.1) is 0 Å². The van der Waals surface area contributed by atoms with E-state index in [1.807, 2.05) is 109 Å². The number of amides is 3. The number of alkyl carbamates (subject to hydrolysis) is 1. The van der Waals surface area contributed by atoms with Crippen LogP contribution in [0.15, 0.2) is 109 Å². The highest BCUT2D eigenvalue weighted by atomic mass is 16.5. The third-order valence-electron chi connectivity index (χ3n) is 6.92. The molecule has 3 amide bonds. The molecule has 4 aromatic carbocycles. The predicted octanol–water partition coefficient (Wildman–Crippen LogP) is 4.31. The summed E-state index contributed by atoms with van der Waals surface area (Å²) >= 11 is 0. The highest BCUT2D eigenvalue weighted by Crippen LogP contribution is 2.46. The Kier molecular flexibility index (Phi) is 7.68. The van der Waals surface area contributed by atoms with Crippen molar-refractivity contribution in [1.29, 1.82) is 0 Å². The second kappa shape index (κ2) is 11.6. The van der Waals surface area contributed by atoms with Crippen LogP contribution in [0.1, 0.15) is 28.2 Å². The Balaban J connectivity index is 1.38. The molecule has 0 aliphatic heterocycles. The molecule has 2 atom stereocenters. The smallest absolute Gasteiger partial charge is 0.408 e. The van der Waals surface area contributed by atoms with Gasteiger partial charge in [0, 0.05) is 12.3 Å². The normalized spacial score (nSPS) is 13.4. The minimum absolute atomic E-state index is 0.0614. The molecule has 0 aromatic heterocycles. The van der Waals surface area contributed by atoms with E-state index in [9.17, 15) is 14.4 Å². The molecule has 7 nitrogen and oxygen atoms in total. The predicted molar refractivity (Wildman–Crippen MR) is 149 cm³/mol. The number of carbonyl (C=O) groups excluding carboxylic acids is 3. The number of hydrogen-bond acceptors (Lipinski definition) is 4. The summed E-state index contributed by atoms with van der Waals surface area (Å²) in [6.45, 7) is 0.0614. The molecular weight excluding hydrogens is 490 g/mol. The van der Waals surface area contributed by atoms with Gasteiger partial charge in [-0.1, -0.05) is 109 Å². The maximum Gasteiger partial charge on any atom is 0.408 e. The lowest BCUT2D eigenvalue weighted by molar-refractivity contribution is -0.128. The summed E-state index contributed by atoms with van der Waals surface area (Å²) in [4.78, 5) is 39.2. The van der Waals surface area contributed by atoms with Gasteiger partial charge in [0.2, 0.25) is 11.8 Å². The van der Waals surface area contributed by atoms with Gasteiger partial charge in [-0.05, 0) is 33.4 Å². The van der Waals surface area contributed by atoms with Crippen molar-refractivity contribution in [3.63, 3.8) is 0 Å². The topological polar surface area (TPSA) is 111 Å². The van der Waals surface area contributed by atoms with Crippen LogP contribution in [0.2, 0.25) is 0 Å². The highest BCUT2D eigenvalue weighted by molar-refractivity contribution is 5.93. The number of fused-ring (bicyclic) bond motifs is 3. The molecule has 0 fully saturated rings. The van der Waals surface area contributed by atoms with Crippen LogP contribution in [0.4, 0.5) is 4.79 Å². The lowest BCUT2D eigenvalue weighted by atomic mass is 9.88. The van der Waals surface area contributed by atoms with Crippen LogP contribution in [-0.2, 0) is 27.4 Å². The third kappa shape index (κ3) is 5.83. The van der Waals surface area contributed by atoms with E-state index < -0.39 is 35.9 Å². The molecule has 196 valence electrons. The molecule has 0 unspecified atom stereocenters. The monoisotopic (exact) mass is 519 g/mol. The molecule has 39 heavy (non-hydrogen) atoms. The van der Waals surface area contributed by atoms with Crippen LogP contribution >= 0.6 is 0 Å². The Hall–Kier alpha value is -4.91. The Labute approximate surface area is 227 Å². The van der Waals surface area contributed by atoms with Crippen LogP contribution in [-0.4, -0.2) is 30.0 Å². The molecule has 7 heteroatoms. The number of carbonyl (C=O) groups is 3. The summed E-state index contributed by atoms with van der Waals surface area (Å²) in [5.74, 6) is -1.65. The van der Waals surface area contributed by atoms with Gasteiger partial charge in [-0.2, -0.15) is 0 Å². The van der Waals surface area contributed by atoms with E-state index in [1.165, 1.54) is 0 Å². The van der Waals surface area contributed by atoms with Crippen molar-refractivity contribution in [1.82, 2.24) is 10.6 Å². The van der Waals surface area contributed by atoms with Gasteiger partial charge < -0.3 is 21.1 Å². The zero-order valence-corrected chi connectivity index (χ0v) is 21.2. The van der Waals surface area contributed by atoms with E-state index in [1.54, 1.807) is 0 Å². The molecule has 0 saturated heterocycles. The number of benzene rings is 4. The van der Waals surface area contributed by atoms with E-state index in [0.717, 1.165) is 33.4 Å². The van der Waals surface area contributed by atoms with Crippen LogP contribution in [0.3, 0.4) is 0 Å². The summed E-state index contributed by atoms with van der Waals surface area (Å²) in [5, 5.41) is 5.54. The Morgan fingerprint density at radius 3 is 1.77 bits per heavy atom. The fourth-order valence-corrected chi connectivity index (χ4v) is 5.09. The van der Waals surface area contributed by atoms with E-state index in [2.05, 4.69) is 10.6 Å². The van der Waals surface area contributed by atoms with Gasteiger partial charge in [0.1, 0.15) is 18.7 Å². The van der Waals surface area contributed by atoms with E-state index in [0.29, 0.717) is 0 Å². The summed E-state index contributed by atoms with van der Waals surface area (Å²) in [5.41, 5.74) is 11.4. The summed E-state index contributed by atoms with van der Waals surface area (Å²) in [7, 11) is 0. The molecule has 1 aliphatic rings. The van der Waals surface area contributed by atoms with E-state index >= 15 is 0 Å². The number of ether oxygens (including phenoxy) is 1. The van der Waals surface area contributed by atoms with Gasteiger partial charge in [-0.15, -0.1) is 0 Å². The molecule has 0 bridgehead atoms. The van der Waals surface area contributed by atoms with Gasteiger partial charge in [0.25, 0.3) is 0 Å².